The first kappa shape index (κ1) is 45.8. The first-order valence-corrected chi connectivity index (χ1v) is 22.5. The lowest BCUT2D eigenvalue weighted by molar-refractivity contribution is -0.176. The predicted octanol–water partition coefficient (Wildman–Crippen LogP) is 6.51. The summed E-state index contributed by atoms with van der Waals surface area (Å²) in [6.07, 6.45) is 15.6. The standard InChI is InChI=1S/C45H81N7O5/c1-38(2)26-32(27-39(3,4)48-38)52(33-28-40(5,6)49-41(7,8)29-33)36(55)35(54)47-46-34(53)22-25-51-37(56)44(30-42(9,10)50-43(11,12)31-44)57-45(51)23-20-18-16-14-13-15-17-19-21-24-45/h32-33,48-50H,13-31H2,1-12H3,(H,46,53)(H,47,54). The number of nitrogens with one attached hydrogen (secondary N) is 5. The predicted molar refractivity (Wildman–Crippen MR) is 226 cm³/mol. The van der Waals surface area contributed by atoms with Gasteiger partial charge in [0.1, 0.15) is 5.72 Å². The molecule has 5 rings (SSSR count). The third-order valence-electron chi connectivity index (χ3n) is 13.2. The van der Waals surface area contributed by atoms with Crippen LogP contribution in [0.1, 0.15) is 199 Å². The Kier molecular flexibility index (Phi) is 13.4. The van der Waals surface area contributed by atoms with E-state index in [1.54, 1.807) is 0 Å². The summed E-state index contributed by atoms with van der Waals surface area (Å²) in [7, 11) is 0. The van der Waals surface area contributed by atoms with Gasteiger partial charge in [0.05, 0.1) is 0 Å². The Morgan fingerprint density at radius 3 is 1.42 bits per heavy atom. The van der Waals surface area contributed by atoms with Crippen molar-refractivity contribution in [2.45, 2.75) is 255 Å². The minimum absolute atomic E-state index is 0.0243. The summed E-state index contributed by atoms with van der Waals surface area (Å²) >= 11 is 0. The van der Waals surface area contributed by atoms with Crippen LogP contribution in [0.3, 0.4) is 0 Å². The molecule has 0 unspecified atom stereocenters. The maximum absolute atomic E-state index is 14.8. The van der Waals surface area contributed by atoms with E-state index in [-0.39, 0.29) is 64.2 Å². The maximum Gasteiger partial charge on any atom is 0.327 e. The molecule has 12 nitrogen and oxygen atoms in total. The van der Waals surface area contributed by atoms with E-state index < -0.39 is 29.0 Å². The fourth-order valence-electron chi connectivity index (χ4n) is 12.6. The van der Waals surface area contributed by atoms with Gasteiger partial charge < -0.3 is 30.5 Å². The second-order valence-corrected chi connectivity index (χ2v) is 22.8. The van der Waals surface area contributed by atoms with Crippen LogP contribution >= 0.6 is 0 Å². The summed E-state index contributed by atoms with van der Waals surface area (Å²) in [4.78, 5) is 60.5. The van der Waals surface area contributed by atoms with Crippen LogP contribution < -0.4 is 26.8 Å². The van der Waals surface area contributed by atoms with Gasteiger partial charge in [0, 0.05) is 71.1 Å². The first-order chi connectivity index (χ1) is 26.2. The Balaban J connectivity index is 1.33. The van der Waals surface area contributed by atoms with Crippen molar-refractivity contribution in [1.29, 1.82) is 0 Å². The van der Waals surface area contributed by atoms with E-state index in [1.807, 2.05) is 9.80 Å². The molecule has 4 aliphatic heterocycles. The van der Waals surface area contributed by atoms with Crippen molar-refractivity contribution < 1.29 is 23.9 Å². The van der Waals surface area contributed by atoms with Gasteiger partial charge in [0.2, 0.25) is 5.91 Å². The van der Waals surface area contributed by atoms with Crippen LogP contribution in [-0.4, -0.2) is 96.6 Å². The smallest absolute Gasteiger partial charge is 0.327 e. The zero-order valence-electron chi connectivity index (χ0n) is 38.0. The highest BCUT2D eigenvalue weighted by Crippen LogP contribution is 2.51. The van der Waals surface area contributed by atoms with Gasteiger partial charge in [-0.15, -0.1) is 0 Å². The Morgan fingerprint density at radius 2 is 1.00 bits per heavy atom. The molecule has 0 radical (unpaired) electrons. The Morgan fingerprint density at radius 1 is 0.614 bits per heavy atom. The van der Waals surface area contributed by atoms with Gasteiger partial charge in [-0.3, -0.25) is 30.0 Å². The van der Waals surface area contributed by atoms with Crippen LogP contribution in [0.4, 0.5) is 0 Å². The Hall–Kier alpha value is -2.28. The molecule has 326 valence electrons. The largest absolute Gasteiger partial charge is 0.339 e. The van der Waals surface area contributed by atoms with Crippen molar-refractivity contribution in [3.63, 3.8) is 0 Å². The van der Waals surface area contributed by atoms with Crippen molar-refractivity contribution >= 4 is 23.6 Å². The molecule has 5 fully saturated rings. The monoisotopic (exact) mass is 800 g/mol. The molecular weight excluding hydrogens is 719 g/mol. The van der Waals surface area contributed by atoms with Gasteiger partial charge in [-0.05, 0) is 134 Å². The fraction of sp³-hybridized carbons (Fsp3) is 0.911. The zero-order valence-corrected chi connectivity index (χ0v) is 38.0. The van der Waals surface area contributed by atoms with Gasteiger partial charge in [-0.25, -0.2) is 0 Å². The normalized spacial score (nSPS) is 28.2. The molecule has 5 N–H and O–H groups in total. The van der Waals surface area contributed by atoms with E-state index >= 15 is 0 Å². The van der Waals surface area contributed by atoms with E-state index in [0.29, 0.717) is 38.5 Å². The first-order valence-electron chi connectivity index (χ1n) is 22.5. The van der Waals surface area contributed by atoms with Crippen LogP contribution in [-0.2, 0) is 23.9 Å². The van der Waals surface area contributed by atoms with E-state index in [0.717, 1.165) is 38.5 Å². The third kappa shape index (κ3) is 11.5. The molecule has 0 aromatic carbocycles. The Bertz CT molecular complexity index is 1390. The lowest BCUT2D eigenvalue weighted by Gasteiger charge is -2.55. The number of hydrazine groups is 1. The molecule has 0 aromatic heterocycles. The Labute approximate surface area is 345 Å². The van der Waals surface area contributed by atoms with Crippen LogP contribution in [0.2, 0.25) is 0 Å². The van der Waals surface area contributed by atoms with Crippen LogP contribution in [0, 0.1) is 0 Å². The molecule has 12 heteroatoms. The minimum Gasteiger partial charge on any atom is -0.339 e. The topological polar surface area (TPSA) is 144 Å². The van der Waals surface area contributed by atoms with Gasteiger partial charge in [0.25, 0.3) is 5.91 Å². The van der Waals surface area contributed by atoms with Crippen molar-refractivity contribution in [1.82, 2.24) is 36.6 Å². The average Bonchev–Trinajstić information content (AvgIpc) is 3.21. The van der Waals surface area contributed by atoms with Crippen molar-refractivity contribution in [2.24, 2.45) is 0 Å². The lowest BCUT2D eigenvalue weighted by atomic mass is 9.72. The van der Waals surface area contributed by atoms with Gasteiger partial charge >= 0.3 is 11.8 Å². The summed E-state index contributed by atoms with van der Waals surface area (Å²) in [6, 6.07) is -0.332. The number of hydrogen-bond donors (Lipinski definition) is 5. The van der Waals surface area contributed by atoms with Crippen LogP contribution in [0.5, 0.6) is 0 Å². The fourth-order valence-corrected chi connectivity index (χ4v) is 12.6. The molecule has 1 saturated carbocycles. The number of carbonyl (C=O) groups excluding carboxylic acids is 4. The van der Waals surface area contributed by atoms with E-state index in [4.69, 9.17) is 4.74 Å². The summed E-state index contributed by atoms with van der Waals surface area (Å²) in [5.74, 6) is -1.94. The molecular formula is C45H81N7O5. The minimum atomic E-state index is -0.981. The van der Waals surface area contributed by atoms with Crippen molar-refractivity contribution in [3.05, 3.63) is 0 Å². The summed E-state index contributed by atoms with van der Waals surface area (Å²) in [5.41, 5.74) is 1.70. The SMILES string of the molecule is CC1(C)CC(N(C(=O)C(=O)NNC(=O)CCN2C(=O)C3(CC(C)(C)NC(C)(C)C3)OC23CCCCCCCCCCC3)C2CC(C)(C)NC(C)(C)C2)CC(C)(C)N1. The quantitative estimate of drug-likeness (QED) is 0.157. The molecule has 4 heterocycles. The van der Waals surface area contributed by atoms with Gasteiger partial charge in [-0.2, -0.15) is 0 Å². The molecule has 0 aromatic rings. The maximum atomic E-state index is 14.8. The molecule has 4 saturated heterocycles. The second kappa shape index (κ2) is 16.6. The summed E-state index contributed by atoms with van der Waals surface area (Å²) in [6.45, 7) is 25.9. The van der Waals surface area contributed by atoms with E-state index in [1.165, 1.54) is 32.1 Å². The third-order valence-corrected chi connectivity index (χ3v) is 13.2. The molecule has 5 aliphatic rings. The van der Waals surface area contributed by atoms with E-state index in [9.17, 15) is 19.2 Å². The number of nitrogens with zero attached hydrogens (tertiary/aromatic N) is 2. The van der Waals surface area contributed by atoms with Gasteiger partial charge in [-0.1, -0.05) is 44.9 Å². The molecule has 2 spiro atoms. The number of rotatable bonds is 5. The summed E-state index contributed by atoms with van der Waals surface area (Å²) < 4.78 is 7.26. The highest BCUT2D eigenvalue weighted by atomic mass is 16.6. The molecule has 0 bridgehead atoms. The van der Waals surface area contributed by atoms with Crippen molar-refractivity contribution in [3.8, 4) is 0 Å². The lowest BCUT2D eigenvalue weighted by Crippen LogP contribution is -2.69. The number of piperidine rings is 3. The number of amides is 4. The van der Waals surface area contributed by atoms with E-state index in [2.05, 4.69) is 110 Å². The molecule has 4 amide bonds. The number of ether oxygens (including phenoxy) is 1. The average molecular weight is 800 g/mol. The molecule has 1 aliphatic carbocycles. The van der Waals surface area contributed by atoms with Crippen LogP contribution in [0.25, 0.3) is 0 Å². The second-order valence-electron chi connectivity index (χ2n) is 22.8. The van der Waals surface area contributed by atoms with Crippen molar-refractivity contribution in [2.75, 3.05) is 6.54 Å². The molecule has 57 heavy (non-hydrogen) atoms. The molecule has 0 atom stereocenters. The number of carbonyl (C=O) groups is 4. The summed E-state index contributed by atoms with van der Waals surface area (Å²) in [5, 5.41) is 11.2. The highest BCUT2D eigenvalue weighted by Gasteiger charge is 2.64. The highest BCUT2D eigenvalue weighted by molar-refractivity contribution is 6.35. The zero-order chi connectivity index (χ0) is 42.3. The van der Waals surface area contributed by atoms with Gasteiger partial charge in [0.15, 0.2) is 5.60 Å². The van der Waals surface area contributed by atoms with Crippen LogP contribution in [0.15, 0.2) is 0 Å². The number of hydrogen-bond acceptors (Lipinski definition) is 8.